The maximum Gasteiger partial charge on any atom is 0.0992 e. The summed E-state index contributed by atoms with van der Waals surface area (Å²) >= 11 is 0. The first-order chi connectivity index (χ1) is 9.08. The van der Waals surface area contributed by atoms with E-state index in [1.54, 1.807) is 0 Å². The lowest BCUT2D eigenvalue weighted by Crippen LogP contribution is -2.40. The van der Waals surface area contributed by atoms with Crippen LogP contribution in [-0.4, -0.2) is 18.2 Å². The second-order valence-electron chi connectivity index (χ2n) is 6.30. The molecule has 0 heterocycles. The van der Waals surface area contributed by atoms with Crippen molar-refractivity contribution in [2.24, 2.45) is 5.41 Å². The largest absolute Gasteiger partial charge is 0.384 e. The van der Waals surface area contributed by atoms with E-state index < -0.39 is 5.60 Å². The molecule has 0 saturated heterocycles. The van der Waals surface area contributed by atoms with E-state index in [0.29, 0.717) is 12.0 Å². The van der Waals surface area contributed by atoms with Crippen LogP contribution in [0.4, 0.5) is 0 Å². The van der Waals surface area contributed by atoms with Crippen molar-refractivity contribution in [1.29, 1.82) is 0 Å². The first kappa shape index (κ1) is 14.5. The fraction of sp³-hybridized carbons (Fsp3) is 0.647. The van der Waals surface area contributed by atoms with E-state index in [2.05, 4.69) is 12.2 Å². The number of rotatable bonds is 6. The van der Waals surface area contributed by atoms with Gasteiger partial charge in [0.2, 0.25) is 0 Å². The van der Waals surface area contributed by atoms with Gasteiger partial charge in [-0.05, 0) is 37.2 Å². The quantitative estimate of drug-likeness (QED) is 0.822. The zero-order valence-corrected chi connectivity index (χ0v) is 12.3. The molecule has 1 aromatic rings. The minimum absolute atomic E-state index is 0.479. The molecule has 0 aromatic heterocycles. The van der Waals surface area contributed by atoms with Crippen molar-refractivity contribution in [3.05, 3.63) is 35.9 Å². The number of aliphatic hydroxyl groups is 1. The first-order valence-corrected chi connectivity index (χ1v) is 7.57. The molecule has 1 aromatic carbocycles. The molecule has 19 heavy (non-hydrogen) atoms. The van der Waals surface area contributed by atoms with Crippen LogP contribution in [0.3, 0.4) is 0 Å². The molecule has 2 rings (SSSR count). The molecule has 0 bridgehead atoms. The summed E-state index contributed by atoms with van der Waals surface area (Å²) in [6, 6.07) is 9.93. The van der Waals surface area contributed by atoms with Crippen molar-refractivity contribution in [2.75, 3.05) is 13.1 Å². The van der Waals surface area contributed by atoms with Crippen molar-refractivity contribution in [3.63, 3.8) is 0 Å². The topological polar surface area (TPSA) is 32.3 Å². The molecule has 0 radical (unpaired) electrons. The Kier molecular flexibility index (Phi) is 4.64. The molecule has 1 fully saturated rings. The van der Waals surface area contributed by atoms with Crippen LogP contribution < -0.4 is 5.32 Å². The van der Waals surface area contributed by atoms with Gasteiger partial charge in [0.05, 0.1) is 5.60 Å². The molecule has 1 atom stereocenters. The second kappa shape index (κ2) is 6.06. The molecule has 2 N–H and O–H groups in total. The molecule has 1 unspecified atom stereocenters. The van der Waals surface area contributed by atoms with Gasteiger partial charge in [-0.2, -0.15) is 0 Å². The van der Waals surface area contributed by atoms with Gasteiger partial charge in [0.15, 0.2) is 0 Å². The van der Waals surface area contributed by atoms with Crippen LogP contribution >= 0.6 is 0 Å². The minimum Gasteiger partial charge on any atom is -0.384 e. The summed E-state index contributed by atoms with van der Waals surface area (Å²) in [4.78, 5) is 0. The summed E-state index contributed by atoms with van der Waals surface area (Å²) in [5, 5.41) is 14.1. The highest BCUT2D eigenvalue weighted by molar-refractivity contribution is 5.21. The van der Waals surface area contributed by atoms with Crippen LogP contribution in [-0.2, 0) is 5.60 Å². The molecule has 0 aliphatic heterocycles. The van der Waals surface area contributed by atoms with Gasteiger partial charge in [0, 0.05) is 13.1 Å². The monoisotopic (exact) mass is 261 g/mol. The third kappa shape index (κ3) is 3.58. The molecule has 0 spiro atoms. The van der Waals surface area contributed by atoms with E-state index in [-0.39, 0.29) is 0 Å². The summed E-state index contributed by atoms with van der Waals surface area (Å²) in [6.45, 7) is 5.84. The van der Waals surface area contributed by atoms with Crippen molar-refractivity contribution in [3.8, 4) is 0 Å². The zero-order chi connectivity index (χ0) is 13.8. The Hall–Kier alpha value is -0.860. The van der Waals surface area contributed by atoms with Gasteiger partial charge in [-0.3, -0.25) is 0 Å². The van der Waals surface area contributed by atoms with Gasteiger partial charge >= 0.3 is 0 Å². The van der Waals surface area contributed by atoms with Crippen LogP contribution in [0.15, 0.2) is 30.3 Å². The highest BCUT2D eigenvalue weighted by Crippen LogP contribution is 2.40. The predicted molar refractivity (Wildman–Crippen MR) is 80.1 cm³/mol. The summed E-state index contributed by atoms with van der Waals surface area (Å²) in [6.07, 6.45) is 6.65. The summed E-state index contributed by atoms with van der Waals surface area (Å²) in [5.41, 5.74) is 0.682. The van der Waals surface area contributed by atoms with E-state index in [0.717, 1.165) is 12.1 Å². The zero-order valence-electron chi connectivity index (χ0n) is 12.3. The predicted octanol–water partition coefficient (Wildman–Crippen LogP) is 3.45. The normalized spacial score (nSPS) is 21.2. The average Bonchev–Trinajstić information content (AvgIpc) is 2.89. The number of hydrogen-bond donors (Lipinski definition) is 2. The standard InChI is InChI=1S/C17H27NO/c1-3-17(11-7-8-12-17)14-18-13-16(2,19)15-9-5-4-6-10-15/h4-6,9-10,18-19H,3,7-8,11-14H2,1-2H3. The Morgan fingerprint density at radius 2 is 1.84 bits per heavy atom. The third-order valence-corrected chi connectivity index (χ3v) is 4.78. The van der Waals surface area contributed by atoms with E-state index in [9.17, 15) is 5.11 Å². The second-order valence-corrected chi connectivity index (χ2v) is 6.30. The fourth-order valence-corrected chi connectivity index (χ4v) is 3.25. The van der Waals surface area contributed by atoms with Crippen LogP contribution in [0, 0.1) is 5.41 Å². The Labute approximate surface area is 117 Å². The summed E-state index contributed by atoms with van der Waals surface area (Å²) in [5.74, 6) is 0. The van der Waals surface area contributed by atoms with Gasteiger partial charge in [-0.25, -0.2) is 0 Å². The van der Waals surface area contributed by atoms with E-state index in [4.69, 9.17) is 0 Å². The number of benzene rings is 1. The maximum atomic E-state index is 10.6. The Morgan fingerprint density at radius 1 is 1.21 bits per heavy atom. The Bertz CT molecular complexity index is 380. The molecule has 2 nitrogen and oxygen atoms in total. The molecule has 106 valence electrons. The average molecular weight is 261 g/mol. The maximum absolute atomic E-state index is 10.6. The van der Waals surface area contributed by atoms with Crippen LogP contribution in [0.5, 0.6) is 0 Å². The molecular weight excluding hydrogens is 234 g/mol. The van der Waals surface area contributed by atoms with E-state index >= 15 is 0 Å². The highest BCUT2D eigenvalue weighted by atomic mass is 16.3. The SMILES string of the molecule is CCC1(CNCC(C)(O)c2ccccc2)CCCC1. The lowest BCUT2D eigenvalue weighted by molar-refractivity contribution is 0.0532. The van der Waals surface area contributed by atoms with Crippen LogP contribution in [0.25, 0.3) is 0 Å². The fourth-order valence-electron chi connectivity index (χ4n) is 3.25. The highest BCUT2D eigenvalue weighted by Gasteiger charge is 2.32. The van der Waals surface area contributed by atoms with Gasteiger partial charge in [0.25, 0.3) is 0 Å². The smallest absolute Gasteiger partial charge is 0.0992 e. The molecule has 2 heteroatoms. The Balaban J connectivity index is 1.88. The molecule has 1 aliphatic carbocycles. The minimum atomic E-state index is -0.783. The Morgan fingerprint density at radius 3 is 2.42 bits per heavy atom. The van der Waals surface area contributed by atoms with Crippen molar-refractivity contribution < 1.29 is 5.11 Å². The van der Waals surface area contributed by atoms with E-state index in [1.165, 1.54) is 32.1 Å². The van der Waals surface area contributed by atoms with Crippen molar-refractivity contribution in [1.82, 2.24) is 5.32 Å². The lowest BCUT2D eigenvalue weighted by Gasteiger charge is -2.31. The van der Waals surface area contributed by atoms with Crippen molar-refractivity contribution >= 4 is 0 Å². The van der Waals surface area contributed by atoms with Crippen LogP contribution in [0.1, 0.15) is 51.5 Å². The third-order valence-electron chi connectivity index (χ3n) is 4.78. The molecular formula is C17H27NO. The van der Waals surface area contributed by atoms with Gasteiger partial charge in [-0.15, -0.1) is 0 Å². The number of nitrogens with one attached hydrogen (secondary N) is 1. The molecule has 1 saturated carbocycles. The van der Waals surface area contributed by atoms with Crippen molar-refractivity contribution in [2.45, 2.75) is 51.6 Å². The lowest BCUT2D eigenvalue weighted by atomic mass is 9.83. The first-order valence-electron chi connectivity index (χ1n) is 7.57. The van der Waals surface area contributed by atoms with Crippen LogP contribution in [0.2, 0.25) is 0 Å². The van der Waals surface area contributed by atoms with E-state index in [1.807, 2.05) is 37.3 Å². The van der Waals surface area contributed by atoms with Gasteiger partial charge in [-0.1, -0.05) is 50.1 Å². The number of hydrogen-bond acceptors (Lipinski definition) is 2. The molecule has 1 aliphatic rings. The summed E-state index contributed by atoms with van der Waals surface area (Å²) < 4.78 is 0. The molecule has 0 amide bonds. The summed E-state index contributed by atoms with van der Waals surface area (Å²) in [7, 11) is 0. The van der Waals surface area contributed by atoms with Gasteiger partial charge in [0.1, 0.15) is 0 Å². The van der Waals surface area contributed by atoms with Gasteiger partial charge < -0.3 is 10.4 Å².